The highest BCUT2D eigenvalue weighted by Gasteiger charge is 2.38. The number of carbonyl (C=O) groups excluding carboxylic acids is 1. The van der Waals surface area contributed by atoms with Gasteiger partial charge >= 0.3 is 0 Å². The average Bonchev–Trinajstić information content (AvgIpc) is 2.71. The van der Waals surface area contributed by atoms with Gasteiger partial charge in [0.05, 0.1) is 42.0 Å². The summed E-state index contributed by atoms with van der Waals surface area (Å²) in [6.07, 6.45) is -0.588. The molecular formula is C21H24O8. The van der Waals surface area contributed by atoms with Gasteiger partial charge in [-0.2, -0.15) is 0 Å². The van der Waals surface area contributed by atoms with E-state index in [0.29, 0.717) is 11.3 Å². The minimum atomic E-state index is -0.637. The predicted octanol–water partition coefficient (Wildman–Crippen LogP) is 3.45. The number of ether oxygens (including phenoxy) is 6. The van der Waals surface area contributed by atoms with E-state index in [0.717, 1.165) is 5.56 Å². The van der Waals surface area contributed by atoms with Gasteiger partial charge in [-0.25, -0.2) is 0 Å². The molecule has 0 fully saturated rings. The van der Waals surface area contributed by atoms with Crippen molar-refractivity contribution in [1.82, 2.24) is 0 Å². The minimum absolute atomic E-state index is 0.0267. The lowest BCUT2D eigenvalue weighted by atomic mass is 9.93. The van der Waals surface area contributed by atoms with Crippen LogP contribution in [0.5, 0.6) is 40.2 Å². The van der Waals surface area contributed by atoms with Crippen LogP contribution in [-0.2, 0) is 0 Å². The van der Waals surface area contributed by atoms with Crippen molar-refractivity contribution in [2.24, 2.45) is 0 Å². The van der Waals surface area contributed by atoms with Crippen molar-refractivity contribution in [3.8, 4) is 40.2 Å². The fraction of sp³-hybridized carbons (Fsp3) is 0.381. The topological polar surface area (TPSA) is 92.7 Å². The second kappa shape index (κ2) is 7.98. The SMILES string of the molecule is COc1c(C)cc(C2CC(=O)c3c(OC)c(OC)c(OC)c(OC)c3O2)cc1O. The molecule has 1 atom stereocenters. The lowest BCUT2D eigenvalue weighted by Crippen LogP contribution is -2.22. The summed E-state index contributed by atoms with van der Waals surface area (Å²) in [6.45, 7) is 1.80. The van der Waals surface area contributed by atoms with Gasteiger partial charge in [0.2, 0.25) is 17.2 Å². The first-order chi connectivity index (χ1) is 13.9. The number of hydrogen-bond donors (Lipinski definition) is 1. The second-order valence-corrected chi connectivity index (χ2v) is 6.46. The van der Waals surface area contributed by atoms with Gasteiger partial charge in [-0.15, -0.1) is 0 Å². The molecule has 1 aliphatic rings. The van der Waals surface area contributed by atoms with E-state index in [1.807, 2.05) is 6.07 Å². The van der Waals surface area contributed by atoms with Crippen LogP contribution in [0, 0.1) is 6.92 Å². The van der Waals surface area contributed by atoms with Gasteiger partial charge in [0.25, 0.3) is 0 Å². The van der Waals surface area contributed by atoms with Crippen molar-refractivity contribution in [2.45, 2.75) is 19.4 Å². The third kappa shape index (κ3) is 3.24. The van der Waals surface area contributed by atoms with Crippen LogP contribution in [0.25, 0.3) is 0 Å². The molecule has 0 radical (unpaired) electrons. The van der Waals surface area contributed by atoms with Gasteiger partial charge < -0.3 is 33.5 Å². The molecular weight excluding hydrogens is 380 g/mol. The van der Waals surface area contributed by atoms with Gasteiger partial charge in [0, 0.05) is 0 Å². The minimum Gasteiger partial charge on any atom is -0.504 e. The largest absolute Gasteiger partial charge is 0.504 e. The van der Waals surface area contributed by atoms with Crippen LogP contribution in [0.1, 0.15) is 34.0 Å². The molecule has 29 heavy (non-hydrogen) atoms. The Hall–Kier alpha value is -3.29. The fourth-order valence-corrected chi connectivity index (χ4v) is 3.63. The molecule has 8 heteroatoms. The van der Waals surface area contributed by atoms with Gasteiger partial charge in [-0.1, -0.05) is 0 Å². The zero-order valence-corrected chi connectivity index (χ0v) is 17.2. The molecule has 0 amide bonds. The Balaban J connectivity index is 2.18. The monoisotopic (exact) mass is 404 g/mol. The van der Waals surface area contributed by atoms with Gasteiger partial charge in [0.15, 0.2) is 28.8 Å². The molecule has 1 unspecified atom stereocenters. The maximum atomic E-state index is 13.1. The van der Waals surface area contributed by atoms with E-state index in [4.69, 9.17) is 28.4 Å². The van der Waals surface area contributed by atoms with E-state index >= 15 is 0 Å². The fourth-order valence-electron chi connectivity index (χ4n) is 3.63. The molecule has 3 rings (SSSR count). The number of ketones is 1. The number of hydrogen-bond acceptors (Lipinski definition) is 8. The van der Waals surface area contributed by atoms with Crippen LogP contribution in [0.2, 0.25) is 0 Å². The van der Waals surface area contributed by atoms with E-state index in [9.17, 15) is 9.90 Å². The van der Waals surface area contributed by atoms with Crippen LogP contribution in [-0.4, -0.2) is 46.4 Å². The zero-order valence-electron chi connectivity index (χ0n) is 17.2. The number of phenols is 1. The standard InChI is InChI=1S/C21H24O8/c1-10-7-11(8-13(23)16(10)24-2)14-9-12(22)15-17(25-3)19(26-4)21(28-6)20(27-5)18(15)29-14/h7-8,14,23H,9H2,1-6H3. The van der Waals surface area contributed by atoms with Crippen LogP contribution in [0.4, 0.5) is 0 Å². The molecule has 1 aliphatic heterocycles. The number of phenolic OH excluding ortho intramolecular Hbond substituents is 1. The average molecular weight is 404 g/mol. The highest BCUT2D eigenvalue weighted by atomic mass is 16.6. The summed E-state index contributed by atoms with van der Waals surface area (Å²) < 4.78 is 33.1. The molecule has 0 aliphatic carbocycles. The molecule has 0 aromatic heterocycles. The van der Waals surface area contributed by atoms with Crippen molar-refractivity contribution < 1.29 is 38.3 Å². The van der Waals surface area contributed by atoms with Gasteiger partial charge in [0.1, 0.15) is 11.7 Å². The van der Waals surface area contributed by atoms with Crippen LogP contribution in [0.15, 0.2) is 12.1 Å². The van der Waals surface area contributed by atoms with E-state index in [1.165, 1.54) is 41.6 Å². The van der Waals surface area contributed by atoms with Crippen LogP contribution < -0.4 is 28.4 Å². The Morgan fingerprint density at radius 2 is 1.41 bits per heavy atom. The molecule has 1 heterocycles. The van der Waals surface area contributed by atoms with Crippen molar-refractivity contribution in [1.29, 1.82) is 0 Å². The molecule has 2 aromatic carbocycles. The molecule has 8 nitrogen and oxygen atoms in total. The lowest BCUT2D eigenvalue weighted by Gasteiger charge is -2.30. The number of aryl methyl sites for hydroxylation is 1. The number of fused-ring (bicyclic) bond motifs is 1. The third-order valence-corrected chi connectivity index (χ3v) is 4.86. The van der Waals surface area contributed by atoms with Crippen molar-refractivity contribution in [3.05, 3.63) is 28.8 Å². The van der Waals surface area contributed by atoms with E-state index in [1.54, 1.807) is 6.92 Å². The number of methoxy groups -OCH3 is 5. The summed E-state index contributed by atoms with van der Waals surface area (Å²) >= 11 is 0. The normalized spacial score (nSPS) is 15.2. The van der Waals surface area contributed by atoms with E-state index in [-0.39, 0.29) is 52.3 Å². The third-order valence-electron chi connectivity index (χ3n) is 4.86. The maximum absolute atomic E-state index is 13.1. The van der Waals surface area contributed by atoms with Gasteiger partial charge in [-0.05, 0) is 30.2 Å². The highest BCUT2D eigenvalue weighted by molar-refractivity contribution is 6.05. The molecule has 0 bridgehead atoms. The smallest absolute Gasteiger partial charge is 0.211 e. The van der Waals surface area contributed by atoms with Crippen molar-refractivity contribution >= 4 is 5.78 Å². The summed E-state index contributed by atoms with van der Waals surface area (Å²) in [5, 5.41) is 10.3. The molecule has 2 aromatic rings. The molecule has 0 saturated carbocycles. The number of rotatable bonds is 6. The van der Waals surface area contributed by atoms with Crippen LogP contribution in [0.3, 0.4) is 0 Å². The van der Waals surface area contributed by atoms with Crippen LogP contribution >= 0.6 is 0 Å². The predicted molar refractivity (Wildman–Crippen MR) is 104 cm³/mol. The number of Topliss-reactive ketones (excluding diaryl/α,β-unsaturated/α-hetero) is 1. The molecule has 1 N–H and O–H groups in total. The summed E-state index contributed by atoms with van der Waals surface area (Å²) in [5.74, 6) is 1.30. The van der Waals surface area contributed by atoms with Gasteiger partial charge in [-0.3, -0.25) is 4.79 Å². The van der Waals surface area contributed by atoms with Crippen molar-refractivity contribution in [3.63, 3.8) is 0 Å². The highest BCUT2D eigenvalue weighted by Crippen LogP contribution is 2.56. The first-order valence-corrected chi connectivity index (χ1v) is 8.88. The number of benzene rings is 2. The number of aromatic hydroxyl groups is 1. The first-order valence-electron chi connectivity index (χ1n) is 8.88. The molecule has 156 valence electrons. The first kappa shape index (κ1) is 20.4. The Morgan fingerprint density at radius 1 is 0.862 bits per heavy atom. The summed E-state index contributed by atoms with van der Waals surface area (Å²) in [5.41, 5.74) is 1.59. The van der Waals surface area contributed by atoms with Crippen molar-refractivity contribution in [2.75, 3.05) is 35.5 Å². The second-order valence-electron chi connectivity index (χ2n) is 6.46. The maximum Gasteiger partial charge on any atom is 0.211 e. The Kier molecular flexibility index (Phi) is 5.63. The van der Waals surface area contributed by atoms with E-state index < -0.39 is 6.10 Å². The Morgan fingerprint density at radius 3 is 1.93 bits per heavy atom. The summed E-state index contributed by atoms with van der Waals surface area (Å²) in [7, 11) is 7.28. The summed E-state index contributed by atoms with van der Waals surface area (Å²) in [4.78, 5) is 13.1. The Bertz CT molecular complexity index is 927. The lowest BCUT2D eigenvalue weighted by molar-refractivity contribution is 0.0832. The molecule has 0 spiro atoms. The summed E-state index contributed by atoms with van der Waals surface area (Å²) in [6, 6.07) is 3.34. The molecule has 0 saturated heterocycles. The number of carbonyl (C=O) groups is 1. The quantitative estimate of drug-likeness (QED) is 0.783. The zero-order chi connectivity index (χ0) is 21.3. The Labute approximate surface area is 168 Å². The van der Waals surface area contributed by atoms with E-state index in [2.05, 4.69) is 0 Å².